The number of rotatable bonds is 4. The summed E-state index contributed by atoms with van der Waals surface area (Å²) < 4.78 is 12.9. The number of likely N-dealkylation sites (tertiary alicyclic amines) is 1. The second-order valence-electron chi connectivity index (χ2n) is 6.47. The van der Waals surface area contributed by atoms with Crippen molar-refractivity contribution in [1.82, 2.24) is 10.2 Å². The van der Waals surface area contributed by atoms with E-state index in [1.165, 1.54) is 41.3 Å². The first-order valence-electron chi connectivity index (χ1n) is 8.65. The van der Waals surface area contributed by atoms with Crippen molar-refractivity contribution in [3.63, 3.8) is 0 Å². The molecule has 0 atom stereocenters. The van der Waals surface area contributed by atoms with Gasteiger partial charge in [0, 0.05) is 35.8 Å². The van der Waals surface area contributed by atoms with Crippen molar-refractivity contribution in [3.05, 3.63) is 74.5 Å². The predicted molar refractivity (Wildman–Crippen MR) is 101 cm³/mol. The Hall–Kier alpha value is -3.00. The Kier molecular flexibility index (Phi) is 5.89. The van der Waals surface area contributed by atoms with Gasteiger partial charge in [0.15, 0.2) is 0 Å². The van der Waals surface area contributed by atoms with Gasteiger partial charge < -0.3 is 10.2 Å². The molecular weight excluding hydrogens is 389 g/mol. The molecule has 1 N–H and O–H groups in total. The zero-order valence-corrected chi connectivity index (χ0v) is 15.5. The first kappa shape index (κ1) is 19.8. The number of nitro benzene ring substituents is 1. The van der Waals surface area contributed by atoms with Crippen LogP contribution in [0.2, 0.25) is 5.02 Å². The van der Waals surface area contributed by atoms with Crippen LogP contribution in [0.1, 0.15) is 33.6 Å². The van der Waals surface area contributed by atoms with Crippen molar-refractivity contribution in [3.8, 4) is 0 Å². The van der Waals surface area contributed by atoms with Crippen LogP contribution in [0, 0.1) is 15.9 Å². The molecule has 3 rings (SSSR count). The van der Waals surface area contributed by atoms with Gasteiger partial charge in [-0.05, 0) is 49.2 Å². The molecule has 0 unspecified atom stereocenters. The minimum Gasteiger partial charge on any atom is -0.349 e. The molecule has 7 nitrogen and oxygen atoms in total. The van der Waals surface area contributed by atoms with Crippen LogP contribution in [0.5, 0.6) is 0 Å². The predicted octanol–water partition coefficient (Wildman–Crippen LogP) is 3.42. The summed E-state index contributed by atoms with van der Waals surface area (Å²) in [5.41, 5.74) is 0.0177. The lowest BCUT2D eigenvalue weighted by Gasteiger charge is -2.32. The minimum absolute atomic E-state index is 0.0109. The first-order valence-corrected chi connectivity index (χ1v) is 9.02. The average Bonchev–Trinajstić information content (AvgIpc) is 2.68. The lowest BCUT2D eigenvalue weighted by molar-refractivity contribution is -0.385. The third-order valence-electron chi connectivity index (χ3n) is 4.61. The van der Waals surface area contributed by atoms with E-state index in [9.17, 15) is 24.1 Å². The lowest BCUT2D eigenvalue weighted by atomic mass is 10.0. The fraction of sp³-hybridized carbons (Fsp3) is 0.263. The third-order valence-corrected chi connectivity index (χ3v) is 4.85. The molecule has 0 spiro atoms. The van der Waals surface area contributed by atoms with Crippen LogP contribution in [0.4, 0.5) is 10.1 Å². The number of piperidine rings is 1. The molecule has 1 fully saturated rings. The average molecular weight is 406 g/mol. The van der Waals surface area contributed by atoms with E-state index < -0.39 is 16.6 Å². The molecule has 1 aliphatic rings. The van der Waals surface area contributed by atoms with Crippen molar-refractivity contribution < 1.29 is 18.9 Å². The molecule has 1 heterocycles. The van der Waals surface area contributed by atoms with Gasteiger partial charge in [-0.2, -0.15) is 0 Å². The Morgan fingerprint density at radius 2 is 1.79 bits per heavy atom. The van der Waals surface area contributed by atoms with Gasteiger partial charge in [-0.3, -0.25) is 19.7 Å². The van der Waals surface area contributed by atoms with E-state index in [0.29, 0.717) is 31.5 Å². The third kappa shape index (κ3) is 4.45. The van der Waals surface area contributed by atoms with Crippen molar-refractivity contribution in [2.75, 3.05) is 13.1 Å². The number of carbonyl (C=O) groups is 2. The highest BCUT2D eigenvalue weighted by Crippen LogP contribution is 2.25. The molecule has 2 aromatic rings. The highest BCUT2D eigenvalue weighted by molar-refractivity contribution is 6.31. The fourth-order valence-electron chi connectivity index (χ4n) is 3.10. The summed E-state index contributed by atoms with van der Waals surface area (Å²) in [6, 6.07) is 9.06. The smallest absolute Gasteiger partial charge is 0.283 e. The van der Waals surface area contributed by atoms with Crippen molar-refractivity contribution in [2.45, 2.75) is 18.9 Å². The van der Waals surface area contributed by atoms with Crippen LogP contribution >= 0.6 is 11.6 Å². The quantitative estimate of drug-likeness (QED) is 0.623. The lowest BCUT2D eigenvalue weighted by Crippen LogP contribution is -2.46. The van der Waals surface area contributed by atoms with Gasteiger partial charge in [0.05, 0.1) is 4.92 Å². The van der Waals surface area contributed by atoms with Crippen molar-refractivity contribution in [1.29, 1.82) is 0 Å². The van der Waals surface area contributed by atoms with Crippen molar-refractivity contribution in [2.24, 2.45) is 0 Å². The number of halogens is 2. The van der Waals surface area contributed by atoms with Gasteiger partial charge in [-0.25, -0.2) is 4.39 Å². The Balaban J connectivity index is 1.61. The van der Waals surface area contributed by atoms with Gasteiger partial charge in [0.1, 0.15) is 11.4 Å². The topological polar surface area (TPSA) is 92.6 Å². The molecule has 0 radical (unpaired) electrons. The number of benzene rings is 2. The molecule has 0 saturated carbocycles. The number of hydrogen-bond donors (Lipinski definition) is 1. The SMILES string of the molecule is O=C(NC1CCN(C(=O)c2ccc(Cl)cc2[N+](=O)[O-])CC1)c1ccc(F)cc1. The summed E-state index contributed by atoms with van der Waals surface area (Å²) in [5, 5.41) is 14.2. The maximum atomic E-state index is 12.9. The Morgan fingerprint density at radius 3 is 2.39 bits per heavy atom. The summed E-state index contributed by atoms with van der Waals surface area (Å²) in [4.78, 5) is 37.0. The van der Waals surface area contributed by atoms with E-state index in [1.807, 2.05) is 0 Å². The van der Waals surface area contributed by atoms with Crippen LogP contribution < -0.4 is 5.32 Å². The van der Waals surface area contributed by atoms with Crippen molar-refractivity contribution >= 4 is 29.1 Å². The minimum atomic E-state index is -0.630. The molecule has 2 aromatic carbocycles. The van der Waals surface area contributed by atoms with E-state index in [1.54, 1.807) is 0 Å². The number of nitro groups is 1. The van der Waals surface area contributed by atoms with E-state index in [-0.39, 0.29) is 28.2 Å². The van der Waals surface area contributed by atoms with Crippen LogP contribution in [-0.4, -0.2) is 40.8 Å². The monoisotopic (exact) mass is 405 g/mol. The standard InChI is InChI=1S/C19H17ClFN3O4/c20-13-3-6-16(17(11-13)24(27)28)19(26)23-9-7-15(8-10-23)22-18(25)12-1-4-14(21)5-2-12/h1-6,11,15H,7-10H2,(H,22,25). The number of nitrogens with zero attached hydrogens (tertiary/aromatic N) is 2. The number of nitrogens with one attached hydrogen (secondary N) is 1. The zero-order valence-electron chi connectivity index (χ0n) is 14.7. The first-order chi connectivity index (χ1) is 13.3. The second kappa shape index (κ2) is 8.35. The molecule has 0 aromatic heterocycles. The highest BCUT2D eigenvalue weighted by atomic mass is 35.5. The summed E-state index contributed by atoms with van der Waals surface area (Å²) in [5.74, 6) is -1.16. The molecule has 2 amide bonds. The van der Waals surface area contributed by atoms with Gasteiger partial charge in [0.25, 0.3) is 17.5 Å². The Bertz CT molecular complexity index is 912. The molecule has 9 heteroatoms. The van der Waals surface area contributed by atoms with Gasteiger partial charge >= 0.3 is 0 Å². The van der Waals surface area contributed by atoms with E-state index in [4.69, 9.17) is 11.6 Å². The molecule has 1 aliphatic heterocycles. The molecule has 28 heavy (non-hydrogen) atoms. The number of hydrogen-bond acceptors (Lipinski definition) is 4. The Labute approximate surface area is 165 Å². The summed E-state index contributed by atoms with van der Waals surface area (Å²) in [7, 11) is 0. The number of carbonyl (C=O) groups excluding carboxylic acids is 2. The zero-order chi connectivity index (χ0) is 20.3. The van der Waals surface area contributed by atoms with E-state index in [2.05, 4.69) is 5.32 Å². The fourth-order valence-corrected chi connectivity index (χ4v) is 3.27. The largest absolute Gasteiger partial charge is 0.349 e. The van der Waals surface area contributed by atoms with Crippen LogP contribution in [0.25, 0.3) is 0 Å². The second-order valence-corrected chi connectivity index (χ2v) is 6.90. The highest BCUT2D eigenvalue weighted by Gasteiger charge is 2.29. The van der Waals surface area contributed by atoms with E-state index >= 15 is 0 Å². The summed E-state index contributed by atoms with van der Waals surface area (Å²) >= 11 is 5.79. The summed E-state index contributed by atoms with van der Waals surface area (Å²) in [6.07, 6.45) is 1.03. The number of amides is 2. The Morgan fingerprint density at radius 1 is 1.14 bits per heavy atom. The maximum Gasteiger partial charge on any atom is 0.283 e. The van der Waals surface area contributed by atoms with Gasteiger partial charge in [-0.1, -0.05) is 11.6 Å². The van der Waals surface area contributed by atoms with Crippen LogP contribution in [0.15, 0.2) is 42.5 Å². The normalized spacial score (nSPS) is 14.6. The summed E-state index contributed by atoms with van der Waals surface area (Å²) in [6.45, 7) is 0.708. The molecular formula is C19H17ClFN3O4. The van der Waals surface area contributed by atoms with Crippen LogP contribution in [0.3, 0.4) is 0 Å². The molecule has 146 valence electrons. The van der Waals surface area contributed by atoms with E-state index in [0.717, 1.165) is 6.07 Å². The van der Waals surface area contributed by atoms with Crippen LogP contribution in [-0.2, 0) is 0 Å². The molecule has 0 bridgehead atoms. The maximum absolute atomic E-state index is 12.9. The molecule has 1 saturated heterocycles. The molecule has 0 aliphatic carbocycles. The van der Waals surface area contributed by atoms with Gasteiger partial charge in [0.2, 0.25) is 0 Å². The van der Waals surface area contributed by atoms with Gasteiger partial charge in [-0.15, -0.1) is 0 Å².